The van der Waals surface area contributed by atoms with Crippen molar-refractivity contribution in [3.8, 4) is 0 Å². The third kappa shape index (κ3) is 1.07. The highest BCUT2D eigenvalue weighted by molar-refractivity contribution is 5.43. The molecule has 1 aliphatic heterocycles. The van der Waals surface area contributed by atoms with Crippen LogP contribution in [0.5, 0.6) is 0 Å². The summed E-state index contributed by atoms with van der Waals surface area (Å²) in [4.78, 5) is 5.47. The minimum Gasteiger partial charge on any atom is -0.398 e. The molecule has 1 heterocycles. The molecule has 0 aromatic carbocycles. The highest BCUT2D eigenvalue weighted by Gasteiger charge is 2.17. The predicted octanol–water partition coefficient (Wildman–Crippen LogP) is 1.27. The summed E-state index contributed by atoms with van der Waals surface area (Å²) in [6, 6.07) is 0. The van der Waals surface area contributed by atoms with Crippen molar-refractivity contribution in [2.24, 2.45) is 5.73 Å². The van der Waals surface area contributed by atoms with Gasteiger partial charge < -0.3 is 10.6 Å². The SMILES string of the molecule is CN1C=CC2=C(CCC=C2N)O1. The molecule has 1 aliphatic carbocycles. The van der Waals surface area contributed by atoms with Crippen molar-refractivity contribution < 1.29 is 4.84 Å². The van der Waals surface area contributed by atoms with Crippen molar-refractivity contribution in [3.05, 3.63) is 35.4 Å². The van der Waals surface area contributed by atoms with Gasteiger partial charge in [-0.1, -0.05) is 6.08 Å². The van der Waals surface area contributed by atoms with Crippen molar-refractivity contribution in [2.75, 3.05) is 7.05 Å². The molecule has 12 heavy (non-hydrogen) atoms. The van der Waals surface area contributed by atoms with Crippen molar-refractivity contribution in [3.63, 3.8) is 0 Å². The van der Waals surface area contributed by atoms with E-state index in [0.717, 1.165) is 29.9 Å². The average molecular weight is 164 g/mol. The summed E-state index contributed by atoms with van der Waals surface area (Å²) in [7, 11) is 1.87. The molecular weight excluding hydrogens is 152 g/mol. The van der Waals surface area contributed by atoms with Crippen LogP contribution in [-0.4, -0.2) is 12.1 Å². The van der Waals surface area contributed by atoms with Gasteiger partial charge in [0.2, 0.25) is 0 Å². The predicted molar refractivity (Wildman–Crippen MR) is 46.5 cm³/mol. The number of allylic oxidation sites excluding steroid dienone is 3. The highest BCUT2D eigenvalue weighted by atomic mass is 16.7. The lowest BCUT2D eigenvalue weighted by Crippen LogP contribution is -2.20. The number of nitrogens with two attached hydrogens (primary N) is 1. The van der Waals surface area contributed by atoms with Crippen molar-refractivity contribution in [1.29, 1.82) is 0 Å². The van der Waals surface area contributed by atoms with Crippen LogP contribution < -0.4 is 5.73 Å². The normalized spacial score (nSPS) is 21.8. The first-order valence-corrected chi connectivity index (χ1v) is 4.05. The van der Waals surface area contributed by atoms with Gasteiger partial charge in [-0.25, -0.2) is 5.06 Å². The summed E-state index contributed by atoms with van der Waals surface area (Å²) < 4.78 is 0. The van der Waals surface area contributed by atoms with E-state index in [9.17, 15) is 0 Å². The Labute approximate surface area is 71.7 Å². The number of hydrogen-bond donors (Lipinski definition) is 1. The number of hydroxylamine groups is 2. The zero-order valence-electron chi connectivity index (χ0n) is 7.08. The van der Waals surface area contributed by atoms with Gasteiger partial charge in [-0.15, -0.1) is 0 Å². The second-order valence-electron chi connectivity index (χ2n) is 2.99. The van der Waals surface area contributed by atoms with Crippen LogP contribution in [0.15, 0.2) is 35.4 Å². The number of rotatable bonds is 0. The molecule has 0 aromatic rings. The Balaban J connectivity index is 2.33. The van der Waals surface area contributed by atoms with Gasteiger partial charge in [-0.3, -0.25) is 0 Å². The molecule has 0 bridgehead atoms. The molecular formula is C9H12N2O. The molecule has 0 amide bonds. The summed E-state index contributed by atoms with van der Waals surface area (Å²) in [5.41, 5.74) is 7.66. The van der Waals surface area contributed by atoms with Crippen LogP contribution in [0.4, 0.5) is 0 Å². The van der Waals surface area contributed by atoms with Gasteiger partial charge >= 0.3 is 0 Å². The summed E-state index contributed by atoms with van der Waals surface area (Å²) in [6.07, 6.45) is 7.82. The van der Waals surface area contributed by atoms with E-state index in [-0.39, 0.29) is 0 Å². The molecule has 3 heteroatoms. The van der Waals surface area contributed by atoms with Gasteiger partial charge in [0.05, 0.1) is 0 Å². The molecule has 0 saturated heterocycles. The van der Waals surface area contributed by atoms with E-state index < -0.39 is 0 Å². The Morgan fingerprint density at radius 3 is 3.25 bits per heavy atom. The fourth-order valence-electron chi connectivity index (χ4n) is 1.43. The van der Waals surface area contributed by atoms with Gasteiger partial charge in [0, 0.05) is 30.9 Å². The fourth-order valence-corrected chi connectivity index (χ4v) is 1.43. The molecule has 0 radical (unpaired) electrons. The van der Waals surface area contributed by atoms with Gasteiger partial charge in [-0.05, 0) is 12.5 Å². The molecule has 64 valence electrons. The molecule has 2 N–H and O–H groups in total. The van der Waals surface area contributed by atoms with E-state index >= 15 is 0 Å². The molecule has 0 saturated carbocycles. The van der Waals surface area contributed by atoms with E-state index in [1.54, 1.807) is 5.06 Å². The number of nitrogens with zero attached hydrogens (tertiary/aromatic N) is 1. The minimum atomic E-state index is 0.834. The zero-order valence-corrected chi connectivity index (χ0v) is 7.08. The van der Waals surface area contributed by atoms with E-state index in [0.29, 0.717) is 0 Å². The van der Waals surface area contributed by atoms with Crippen molar-refractivity contribution in [1.82, 2.24) is 5.06 Å². The van der Waals surface area contributed by atoms with Gasteiger partial charge in [-0.2, -0.15) is 0 Å². The van der Waals surface area contributed by atoms with Crippen molar-refractivity contribution >= 4 is 0 Å². The highest BCUT2D eigenvalue weighted by Crippen LogP contribution is 2.27. The fraction of sp³-hybridized carbons (Fsp3) is 0.333. The first-order valence-electron chi connectivity index (χ1n) is 4.05. The van der Waals surface area contributed by atoms with E-state index in [2.05, 4.69) is 0 Å². The van der Waals surface area contributed by atoms with Crippen molar-refractivity contribution in [2.45, 2.75) is 12.8 Å². The van der Waals surface area contributed by atoms with Crippen LogP contribution >= 0.6 is 0 Å². The maximum Gasteiger partial charge on any atom is 0.142 e. The zero-order chi connectivity index (χ0) is 8.55. The maximum absolute atomic E-state index is 5.79. The van der Waals surface area contributed by atoms with Gasteiger partial charge in [0.25, 0.3) is 0 Å². The molecule has 0 spiro atoms. The van der Waals surface area contributed by atoms with E-state index in [1.807, 2.05) is 25.4 Å². The topological polar surface area (TPSA) is 38.5 Å². The molecule has 3 nitrogen and oxygen atoms in total. The molecule has 2 aliphatic rings. The first-order chi connectivity index (χ1) is 5.77. The molecule has 0 unspecified atom stereocenters. The monoisotopic (exact) mass is 164 g/mol. The van der Waals surface area contributed by atoms with Gasteiger partial charge in [0.1, 0.15) is 5.76 Å². The lowest BCUT2D eigenvalue weighted by Gasteiger charge is -2.26. The Morgan fingerprint density at radius 1 is 1.58 bits per heavy atom. The summed E-state index contributed by atoms with van der Waals surface area (Å²) in [6.45, 7) is 0. The first kappa shape index (κ1) is 7.28. The third-order valence-electron chi connectivity index (χ3n) is 2.05. The lowest BCUT2D eigenvalue weighted by molar-refractivity contribution is -0.0611. The lowest BCUT2D eigenvalue weighted by atomic mass is 10.0. The standard InChI is InChI=1S/C9H12N2O/c1-11-6-5-7-8(10)3-2-4-9(7)12-11/h3,5-6H,2,4,10H2,1H3. The van der Waals surface area contributed by atoms with Crippen LogP contribution in [0.2, 0.25) is 0 Å². The summed E-state index contributed by atoms with van der Waals surface area (Å²) >= 11 is 0. The Kier molecular flexibility index (Phi) is 1.57. The van der Waals surface area contributed by atoms with Crippen LogP contribution in [-0.2, 0) is 4.84 Å². The average Bonchev–Trinajstić information content (AvgIpc) is 2.04. The smallest absolute Gasteiger partial charge is 0.142 e. The molecule has 2 rings (SSSR count). The Morgan fingerprint density at radius 2 is 2.42 bits per heavy atom. The summed E-state index contributed by atoms with van der Waals surface area (Å²) in [5.74, 6) is 0.986. The summed E-state index contributed by atoms with van der Waals surface area (Å²) in [5, 5.41) is 1.69. The van der Waals surface area contributed by atoms with E-state index in [1.165, 1.54) is 0 Å². The van der Waals surface area contributed by atoms with Crippen LogP contribution in [0, 0.1) is 0 Å². The van der Waals surface area contributed by atoms with Crippen LogP contribution in [0.1, 0.15) is 12.8 Å². The number of hydrogen-bond acceptors (Lipinski definition) is 3. The largest absolute Gasteiger partial charge is 0.398 e. The quantitative estimate of drug-likeness (QED) is 0.586. The molecule has 0 aromatic heterocycles. The Bertz CT molecular complexity index is 289. The maximum atomic E-state index is 5.79. The van der Waals surface area contributed by atoms with Crippen LogP contribution in [0.25, 0.3) is 0 Å². The van der Waals surface area contributed by atoms with E-state index in [4.69, 9.17) is 10.6 Å². The Hall–Kier alpha value is -1.38. The molecule has 0 atom stereocenters. The van der Waals surface area contributed by atoms with Crippen LogP contribution in [0.3, 0.4) is 0 Å². The third-order valence-corrected chi connectivity index (χ3v) is 2.05. The second-order valence-corrected chi connectivity index (χ2v) is 2.99. The molecule has 0 fully saturated rings. The second kappa shape index (κ2) is 2.59. The minimum absolute atomic E-state index is 0.834. The van der Waals surface area contributed by atoms with Gasteiger partial charge in [0.15, 0.2) is 0 Å².